The Labute approximate surface area is 115 Å². The molecule has 0 saturated carbocycles. The van der Waals surface area contributed by atoms with Gasteiger partial charge in [0.15, 0.2) is 0 Å². The maximum atomic E-state index is 11.4. The predicted octanol–water partition coefficient (Wildman–Crippen LogP) is 1.62. The van der Waals surface area contributed by atoms with Gasteiger partial charge >= 0.3 is 11.9 Å². The third-order valence-corrected chi connectivity index (χ3v) is 3.22. The highest BCUT2D eigenvalue weighted by Crippen LogP contribution is 2.24. The monoisotopic (exact) mass is 284 g/mol. The van der Waals surface area contributed by atoms with Gasteiger partial charge in [-0.3, -0.25) is 4.79 Å². The number of carbonyl (C=O) groups excluding carboxylic acids is 2. The number of carbonyl (C=O) groups is 2. The quantitative estimate of drug-likeness (QED) is 0.462. The van der Waals surface area contributed by atoms with E-state index in [0.717, 1.165) is 0 Å². The molecule has 1 aromatic rings. The Kier molecular flexibility index (Phi) is 5.75. The molecule has 0 aliphatic rings. The molecule has 0 aliphatic heterocycles. The van der Waals surface area contributed by atoms with Gasteiger partial charge in [0.25, 0.3) is 0 Å². The standard InChI is InChI=1S/C12H16N2O4S/c1-7-5-9(14-11(13-7)12(16)18-4)19-8(2)6-10(15)17-3/h5,8H,6H2,1-4H3. The van der Waals surface area contributed by atoms with Crippen molar-refractivity contribution < 1.29 is 19.1 Å². The molecule has 1 aromatic heterocycles. The van der Waals surface area contributed by atoms with E-state index in [2.05, 4.69) is 19.4 Å². The molecule has 1 atom stereocenters. The van der Waals surface area contributed by atoms with E-state index < -0.39 is 5.97 Å². The smallest absolute Gasteiger partial charge is 0.376 e. The summed E-state index contributed by atoms with van der Waals surface area (Å²) in [6.07, 6.45) is 0.276. The fourth-order valence-electron chi connectivity index (χ4n) is 1.35. The average molecular weight is 284 g/mol. The second kappa shape index (κ2) is 7.08. The molecule has 0 aromatic carbocycles. The van der Waals surface area contributed by atoms with Crippen LogP contribution in [0, 0.1) is 6.92 Å². The van der Waals surface area contributed by atoms with Crippen molar-refractivity contribution in [3.8, 4) is 0 Å². The van der Waals surface area contributed by atoms with E-state index in [1.165, 1.54) is 26.0 Å². The Morgan fingerprint density at radius 2 is 2.00 bits per heavy atom. The molecule has 1 rings (SSSR count). The highest BCUT2D eigenvalue weighted by Gasteiger charge is 2.15. The summed E-state index contributed by atoms with van der Waals surface area (Å²) >= 11 is 1.38. The molecule has 19 heavy (non-hydrogen) atoms. The molecule has 0 aliphatic carbocycles. The van der Waals surface area contributed by atoms with Crippen LogP contribution in [0.25, 0.3) is 0 Å². The fraction of sp³-hybridized carbons (Fsp3) is 0.500. The zero-order chi connectivity index (χ0) is 14.4. The minimum Gasteiger partial charge on any atom is -0.469 e. The maximum Gasteiger partial charge on any atom is 0.376 e. The largest absolute Gasteiger partial charge is 0.469 e. The van der Waals surface area contributed by atoms with Crippen molar-refractivity contribution in [1.82, 2.24) is 9.97 Å². The minimum absolute atomic E-state index is 0.00718. The van der Waals surface area contributed by atoms with Crippen LogP contribution in [0.15, 0.2) is 11.1 Å². The summed E-state index contributed by atoms with van der Waals surface area (Å²) in [5, 5.41) is 0.622. The summed E-state index contributed by atoms with van der Waals surface area (Å²) < 4.78 is 9.19. The van der Waals surface area contributed by atoms with Crippen LogP contribution in [0.5, 0.6) is 0 Å². The molecule has 7 heteroatoms. The molecule has 104 valence electrons. The molecule has 0 saturated heterocycles. The summed E-state index contributed by atoms with van der Waals surface area (Å²) in [4.78, 5) is 30.7. The summed E-state index contributed by atoms with van der Waals surface area (Å²) in [5.74, 6) is -0.833. The number of rotatable bonds is 5. The lowest BCUT2D eigenvalue weighted by molar-refractivity contribution is -0.140. The summed E-state index contributed by atoms with van der Waals surface area (Å²) in [5.41, 5.74) is 0.670. The topological polar surface area (TPSA) is 78.4 Å². The molecule has 0 N–H and O–H groups in total. The number of ether oxygens (including phenoxy) is 2. The molecule has 0 fully saturated rings. The van der Waals surface area contributed by atoms with Gasteiger partial charge < -0.3 is 9.47 Å². The van der Waals surface area contributed by atoms with Gasteiger partial charge in [0.1, 0.15) is 5.03 Å². The van der Waals surface area contributed by atoms with Gasteiger partial charge in [0.2, 0.25) is 5.82 Å². The molecule has 1 heterocycles. The van der Waals surface area contributed by atoms with Crippen molar-refractivity contribution in [1.29, 1.82) is 0 Å². The van der Waals surface area contributed by atoms with E-state index in [0.29, 0.717) is 10.7 Å². The van der Waals surface area contributed by atoms with Gasteiger partial charge in [-0.05, 0) is 13.0 Å². The van der Waals surface area contributed by atoms with E-state index >= 15 is 0 Å². The number of nitrogens with zero attached hydrogens (tertiary/aromatic N) is 2. The van der Waals surface area contributed by atoms with Gasteiger partial charge in [-0.25, -0.2) is 14.8 Å². The first-order valence-corrected chi connectivity index (χ1v) is 6.51. The van der Waals surface area contributed by atoms with Gasteiger partial charge in [0.05, 0.1) is 20.6 Å². The third kappa shape index (κ3) is 4.86. The zero-order valence-corrected chi connectivity index (χ0v) is 12.1. The molecule has 0 radical (unpaired) electrons. The Morgan fingerprint density at radius 3 is 2.58 bits per heavy atom. The summed E-state index contributed by atoms with van der Waals surface area (Å²) in [7, 11) is 2.63. The lowest BCUT2D eigenvalue weighted by Crippen LogP contribution is -2.11. The first-order valence-electron chi connectivity index (χ1n) is 5.63. The van der Waals surface area contributed by atoms with E-state index in [4.69, 9.17) is 0 Å². The summed E-state index contributed by atoms with van der Waals surface area (Å²) in [6, 6.07) is 1.75. The third-order valence-electron chi connectivity index (χ3n) is 2.20. The first kappa shape index (κ1) is 15.4. The molecular formula is C12H16N2O4S. The van der Waals surface area contributed by atoms with Crippen LogP contribution in [-0.4, -0.2) is 41.4 Å². The van der Waals surface area contributed by atoms with Crippen molar-refractivity contribution in [2.45, 2.75) is 30.5 Å². The maximum absolute atomic E-state index is 11.4. The number of thioether (sulfide) groups is 1. The van der Waals surface area contributed by atoms with Gasteiger partial charge in [0, 0.05) is 10.9 Å². The van der Waals surface area contributed by atoms with Crippen LogP contribution in [-0.2, 0) is 14.3 Å². The van der Waals surface area contributed by atoms with Gasteiger partial charge in [-0.1, -0.05) is 6.92 Å². The van der Waals surface area contributed by atoms with Crippen molar-refractivity contribution in [2.75, 3.05) is 14.2 Å². The van der Waals surface area contributed by atoms with Crippen molar-refractivity contribution in [3.63, 3.8) is 0 Å². The second-order valence-electron chi connectivity index (χ2n) is 3.87. The van der Waals surface area contributed by atoms with Crippen LogP contribution in [0.3, 0.4) is 0 Å². The van der Waals surface area contributed by atoms with E-state index in [-0.39, 0.29) is 23.5 Å². The van der Waals surface area contributed by atoms with Crippen LogP contribution in [0.2, 0.25) is 0 Å². The van der Waals surface area contributed by atoms with Crippen LogP contribution < -0.4 is 0 Å². The zero-order valence-electron chi connectivity index (χ0n) is 11.3. The Balaban J connectivity index is 2.80. The average Bonchev–Trinajstić information content (AvgIpc) is 2.36. The summed E-state index contributed by atoms with van der Waals surface area (Å²) in [6.45, 7) is 3.65. The molecule has 0 spiro atoms. The SMILES string of the molecule is COC(=O)CC(C)Sc1cc(C)nc(C(=O)OC)n1. The van der Waals surface area contributed by atoms with Crippen LogP contribution >= 0.6 is 11.8 Å². The highest BCUT2D eigenvalue weighted by molar-refractivity contribution is 7.99. The first-order chi connectivity index (χ1) is 8.96. The number of esters is 2. The number of hydrogen-bond donors (Lipinski definition) is 0. The van der Waals surface area contributed by atoms with E-state index in [1.807, 2.05) is 6.92 Å². The van der Waals surface area contributed by atoms with Crippen molar-refractivity contribution in [3.05, 3.63) is 17.6 Å². The van der Waals surface area contributed by atoms with Gasteiger partial charge in [-0.15, -0.1) is 11.8 Å². The number of aromatic nitrogens is 2. The van der Waals surface area contributed by atoms with Crippen LogP contribution in [0.4, 0.5) is 0 Å². The molecule has 1 unspecified atom stereocenters. The normalized spacial score (nSPS) is 11.8. The van der Waals surface area contributed by atoms with E-state index in [9.17, 15) is 9.59 Å². The van der Waals surface area contributed by atoms with Gasteiger partial charge in [-0.2, -0.15) is 0 Å². The number of methoxy groups -OCH3 is 2. The van der Waals surface area contributed by atoms with Crippen molar-refractivity contribution in [2.24, 2.45) is 0 Å². The molecule has 0 bridgehead atoms. The molecular weight excluding hydrogens is 268 g/mol. The fourth-order valence-corrected chi connectivity index (χ4v) is 2.36. The highest BCUT2D eigenvalue weighted by atomic mass is 32.2. The Hall–Kier alpha value is -1.63. The minimum atomic E-state index is -0.578. The van der Waals surface area contributed by atoms with E-state index in [1.54, 1.807) is 13.0 Å². The number of hydrogen-bond acceptors (Lipinski definition) is 7. The molecule has 6 nitrogen and oxygen atoms in total. The lowest BCUT2D eigenvalue weighted by atomic mass is 10.3. The Morgan fingerprint density at radius 1 is 1.32 bits per heavy atom. The lowest BCUT2D eigenvalue weighted by Gasteiger charge is -2.10. The predicted molar refractivity (Wildman–Crippen MR) is 70.1 cm³/mol. The van der Waals surface area contributed by atoms with Crippen LogP contribution in [0.1, 0.15) is 29.7 Å². The molecule has 0 amide bonds. The number of aryl methyl sites for hydroxylation is 1. The van der Waals surface area contributed by atoms with Crippen molar-refractivity contribution >= 4 is 23.7 Å². The Bertz CT molecular complexity index is 479. The second-order valence-corrected chi connectivity index (χ2v) is 5.33.